The van der Waals surface area contributed by atoms with Gasteiger partial charge in [0, 0.05) is 18.3 Å². The second-order valence-corrected chi connectivity index (χ2v) is 5.87. The number of amides is 1. The molecule has 0 unspecified atom stereocenters. The molecule has 0 fully saturated rings. The molecule has 0 atom stereocenters. The Labute approximate surface area is 158 Å². The fraction of sp³-hybridized carbons (Fsp3) is 0.100. The topological polar surface area (TPSA) is 54.0 Å². The molecule has 0 aliphatic carbocycles. The third-order valence-corrected chi connectivity index (χ3v) is 3.92. The number of aromatic nitrogens is 1. The highest BCUT2D eigenvalue weighted by Crippen LogP contribution is 2.35. The van der Waals surface area contributed by atoms with Gasteiger partial charge in [-0.1, -0.05) is 30.3 Å². The van der Waals surface area contributed by atoms with E-state index in [-0.39, 0.29) is 23.6 Å². The van der Waals surface area contributed by atoms with Crippen molar-refractivity contribution in [2.75, 3.05) is 5.32 Å². The lowest BCUT2D eigenvalue weighted by atomic mass is 10.1. The van der Waals surface area contributed by atoms with Gasteiger partial charge in [-0.15, -0.1) is 0 Å². The summed E-state index contributed by atoms with van der Waals surface area (Å²) >= 11 is 0. The van der Waals surface area contributed by atoms with Crippen molar-refractivity contribution in [3.05, 3.63) is 89.4 Å². The van der Waals surface area contributed by atoms with Gasteiger partial charge in [-0.25, -0.2) is 9.37 Å². The van der Waals surface area contributed by atoms with Crippen LogP contribution < -0.4 is 10.6 Å². The van der Waals surface area contributed by atoms with Crippen LogP contribution in [0.1, 0.15) is 21.5 Å². The van der Waals surface area contributed by atoms with E-state index >= 15 is 0 Å². The van der Waals surface area contributed by atoms with E-state index in [9.17, 15) is 22.4 Å². The van der Waals surface area contributed by atoms with Crippen LogP contribution in [-0.2, 0) is 12.7 Å². The van der Waals surface area contributed by atoms with Crippen LogP contribution in [0.3, 0.4) is 0 Å². The largest absolute Gasteiger partial charge is 0.418 e. The summed E-state index contributed by atoms with van der Waals surface area (Å²) in [5.41, 5.74) is -0.417. The van der Waals surface area contributed by atoms with E-state index in [2.05, 4.69) is 15.6 Å². The number of para-hydroxylation sites is 1. The minimum absolute atomic E-state index is 0.00443. The molecule has 0 radical (unpaired) electrons. The third-order valence-electron chi connectivity index (χ3n) is 3.92. The van der Waals surface area contributed by atoms with Gasteiger partial charge < -0.3 is 10.6 Å². The van der Waals surface area contributed by atoms with Crippen LogP contribution in [0.15, 0.2) is 66.9 Å². The van der Waals surface area contributed by atoms with Gasteiger partial charge in [-0.2, -0.15) is 13.2 Å². The Hall–Kier alpha value is -3.42. The zero-order valence-electron chi connectivity index (χ0n) is 14.4. The van der Waals surface area contributed by atoms with Crippen LogP contribution in [0.2, 0.25) is 0 Å². The van der Waals surface area contributed by atoms with Crippen LogP contribution in [0.25, 0.3) is 0 Å². The lowest BCUT2D eigenvalue weighted by molar-refractivity contribution is -0.136. The Bertz CT molecular complexity index is 972. The number of carbonyl (C=O) groups excluding carboxylic acids is 1. The van der Waals surface area contributed by atoms with Gasteiger partial charge in [0.05, 0.1) is 16.8 Å². The number of benzene rings is 2. The quantitative estimate of drug-likeness (QED) is 0.610. The highest BCUT2D eigenvalue weighted by molar-refractivity contribution is 5.94. The fourth-order valence-corrected chi connectivity index (χ4v) is 2.50. The van der Waals surface area contributed by atoms with Crippen LogP contribution in [0.5, 0.6) is 0 Å². The van der Waals surface area contributed by atoms with Crippen LogP contribution in [0, 0.1) is 5.82 Å². The zero-order chi connectivity index (χ0) is 20.1. The number of hydrogen-bond acceptors (Lipinski definition) is 3. The SMILES string of the molecule is O=C(NCc1ccccc1F)c1ccc(Nc2ccccc2C(F)(F)F)nc1. The first kappa shape index (κ1) is 19.3. The van der Waals surface area contributed by atoms with Gasteiger partial charge in [0.2, 0.25) is 0 Å². The first-order valence-electron chi connectivity index (χ1n) is 8.25. The van der Waals surface area contributed by atoms with E-state index in [0.29, 0.717) is 5.56 Å². The number of pyridine rings is 1. The second-order valence-electron chi connectivity index (χ2n) is 5.87. The maximum atomic E-state index is 13.6. The van der Waals surface area contributed by atoms with Crippen molar-refractivity contribution in [3.8, 4) is 0 Å². The van der Waals surface area contributed by atoms with E-state index in [1.807, 2.05) is 0 Å². The maximum Gasteiger partial charge on any atom is 0.418 e. The first-order valence-corrected chi connectivity index (χ1v) is 8.25. The van der Waals surface area contributed by atoms with Crippen LogP contribution in [0.4, 0.5) is 29.1 Å². The summed E-state index contributed by atoms with van der Waals surface area (Å²) in [6.45, 7) is 0.00443. The van der Waals surface area contributed by atoms with Gasteiger partial charge in [0.15, 0.2) is 0 Å². The molecule has 0 spiro atoms. The Kier molecular flexibility index (Phi) is 5.58. The number of anilines is 2. The van der Waals surface area contributed by atoms with Crippen molar-refractivity contribution < 1.29 is 22.4 Å². The Morgan fingerprint density at radius 1 is 0.964 bits per heavy atom. The highest BCUT2D eigenvalue weighted by Gasteiger charge is 2.33. The average Bonchev–Trinajstić information content (AvgIpc) is 2.67. The molecule has 0 aliphatic heterocycles. The number of halogens is 4. The Morgan fingerprint density at radius 2 is 1.68 bits per heavy atom. The number of carbonyl (C=O) groups is 1. The van der Waals surface area contributed by atoms with Gasteiger partial charge in [0.1, 0.15) is 11.6 Å². The minimum atomic E-state index is -4.50. The molecule has 0 bridgehead atoms. The number of nitrogens with one attached hydrogen (secondary N) is 2. The number of alkyl halides is 3. The van der Waals surface area contributed by atoms with E-state index in [1.165, 1.54) is 42.6 Å². The predicted molar refractivity (Wildman–Crippen MR) is 96.5 cm³/mol. The lowest BCUT2D eigenvalue weighted by Crippen LogP contribution is -2.23. The number of hydrogen-bond donors (Lipinski definition) is 2. The first-order chi connectivity index (χ1) is 13.3. The molecule has 4 nitrogen and oxygen atoms in total. The van der Waals surface area contributed by atoms with Crippen molar-refractivity contribution in [1.82, 2.24) is 10.3 Å². The minimum Gasteiger partial charge on any atom is -0.348 e. The molecule has 2 aromatic carbocycles. The van der Waals surface area contributed by atoms with Crippen molar-refractivity contribution >= 4 is 17.4 Å². The number of rotatable bonds is 5. The average molecular weight is 389 g/mol. The van der Waals surface area contributed by atoms with Gasteiger partial charge in [-0.3, -0.25) is 4.79 Å². The van der Waals surface area contributed by atoms with Crippen molar-refractivity contribution in [3.63, 3.8) is 0 Å². The Morgan fingerprint density at radius 3 is 2.36 bits per heavy atom. The molecule has 1 aromatic heterocycles. The van der Waals surface area contributed by atoms with E-state index in [0.717, 1.165) is 6.07 Å². The van der Waals surface area contributed by atoms with Crippen LogP contribution >= 0.6 is 0 Å². The molecular formula is C20H15F4N3O. The summed E-state index contributed by atoms with van der Waals surface area (Å²) in [7, 11) is 0. The molecule has 2 N–H and O–H groups in total. The molecule has 1 heterocycles. The molecule has 0 saturated heterocycles. The normalized spacial score (nSPS) is 11.1. The summed E-state index contributed by atoms with van der Waals surface area (Å²) in [6.07, 6.45) is -3.27. The molecule has 3 rings (SSSR count). The monoisotopic (exact) mass is 389 g/mol. The molecule has 1 amide bonds. The number of nitrogens with zero attached hydrogens (tertiary/aromatic N) is 1. The van der Waals surface area contributed by atoms with E-state index in [4.69, 9.17) is 0 Å². The van der Waals surface area contributed by atoms with Gasteiger partial charge in [-0.05, 0) is 30.3 Å². The molecular weight excluding hydrogens is 374 g/mol. The lowest BCUT2D eigenvalue weighted by Gasteiger charge is -2.14. The third kappa shape index (κ3) is 4.64. The predicted octanol–water partition coefficient (Wildman–Crippen LogP) is 4.91. The van der Waals surface area contributed by atoms with E-state index in [1.54, 1.807) is 18.2 Å². The molecule has 0 saturated carbocycles. The fourth-order valence-electron chi connectivity index (χ4n) is 2.50. The summed E-state index contributed by atoms with van der Waals surface area (Å²) in [4.78, 5) is 16.1. The maximum absolute atomic E-state index is 13.6. The van der Waals surface area contributed by atoms with Crippen molar-refractivity contribution in [2.45, 2.75) is 12.7 Å². The van der Waals surface area contributed by atoms with Gasteiger partial charge >= 0.3 is 6.18 Å². The summed E-state index contributed by atoms with van der Waals surface area (Å²) in [5, 5.41) is 5.16. The summed E-state index contributed by atoms with van der Waals surface area (Å²) in [6, 6.07) is 13.9. The van der Waals surface area contributed by atoms with Crippen molar-refractivity contribution in [2.24, 2.45) is 0 Å². The molecule has 144 valence electrons. The highest BCUT2D eigenvalue weighted by atomic mass is 19.4. The van der Waals surface area contributed by atoms with Crippen LogP contribution in [-0.4, -0.2) is 10.9 Å². The Balaban J connectivity index is 1.67. The molecule has 28 heavy (non-hydrogen) atoms. The standard InChI is InChI=1S/C20H15F4N3O/c21-16-7-3-1-5-13(16)11-26-19(28)14-9-10-18(25-12-14)27-17-8-4-2-6-15(17)20(22,23)24/h1-10,12H,11H2,(H,25,27)(H,26,28). The molecule has 3 aromatic rings. The zero-order valence-corrected chi connectivity index (χ0v) is 14.4. The molecule has 0 aliphatic rings. The second kappa shape index (κ2) is 8.08. The van der Waals surface area contributed by atoms with E-state index < -0.39 is 23.5 Å². The van der Waals surface area contributed by atoms with Crippen molar-refractivity contribution in [1.29, 1.82) is 0 Å². The smallest absolute Gasteiger partial charge is 0.348 e. The molecule has 8 heteroatoms. The summed E-state index contributed by atoms with van der Waals surface area (Å²) < 4.78 is 52.7. The van der Waals surface area contributed by atoms with Gasteiger partial charge in [0.25, 0.3) is 5.91 Å². The summed E-state index contributed by atoms with van der Waals surface area (Å²) in [5.74, 6) is -0.746.